The fourth-order valence-electron chi connectivity index (χ4n) is 4.24. The molecule has 1 saturated heterocycles. The largest absolute Gasteiger partial charge is 0.303 e. The average molecular weight is 403 g/mol. The number of hydrogen-bond donors (Lipinski definition) is 0. The van der Waals surface area contributed by atoms with Crippen LogP contribution in [-0.4, -0.2) is 36.1 Å². The van der Waals surface area contributed by atoms with Gasteiger partial charge in [-0.05, 0) is 80.0 Å². The molecule has 3 nitrogen and oxygen atoms in total. The highest BCUT2D eigenvalue weighted by molar-refractivity contribution is 6.01. The summed E-state index contributed by atoms with van der Waals surface area (Å²) in [5, 5.41) is 2.26. The molecule has 0 aliphatic carbocycles. The smallest absolute Gasteiger partial charge is 0.166 e. The predicted octanol–water partition coefficient (Wildman–Crippen LogP) is 5.54. The third kappa shape index (κ3) is 4.82. The number of halogens is 1. The molecule has 1 heterocycles. The second kappa shape index (κ2) is 9.31. The third-order valence-electron chi connectivity index (χ3n) is 6.04. The topological polar surface area (TPSA) is 37.4 Å². The maximum absolute atomic E-state index is 13.0. The first-order chi connectivity index (χ1) is 14.6. The molecular weight excluding hydrogens is 377 g/mol. The SMILES string of the molecule is O=C(CCCN1CCC(C(=O)c2ccc3ccccc3c2)CC1)c1ccc(F)cc1. The van der Waals surface area contributed by atoms with Crippen molar-refractivity contribution in [3.05, 3.63) is 83.7 Å². The van der Waals surface area contributed by atoms with Crippen molar-refractivity contribution in [3.8, 4) is 0 Å². The highest BCUT2D eigenvalue weighted by Crippen LogP contribution is 2.24. The van der Waals surface area contributed by atoms with Crippen molar-refractivity contribution in [2.24, 2.45) is 5.92 Å². The zero-order valence-corrected chi connectivity index (χ0v) is 17.0. The lowest BCUT2D eigenvalue weighted by atomic mass is 9.88. The number of piperidine rings is 1. The predicted molar refractivity (Wildman–Crippen MR) is 117 cm³/mol. The Morgan fingerprint density at radius 1 is 0.867 bits per heavy atom. The van der Waals surface area contributed by atoms with Gasteiger partial charge in [0.15, 0.2) is 11.6 Å². The number of nitrogens with zero attached hydrogens (tertiary/aromatic N) is 1. The molecule has 3 aromatic rings. The summed E-state index contributed by atoms with van der Waals surface area (Å²) in [5.74, 6) is 0.0409. The summed E-state index contributed by atoms with van der Waals surface area (Å²) >= 11 is 0. The van der Waals surface area contributed by atoms with E-state index < -0.39 is 0 Å². The molecule has 0 spiro atoms. The van der Waals surface area contributed by atoms with Gasteiger partial charge in [0.1, 0.15) is 5.82 Å². The van der Waals surface area contributed by atoms with Gasteiger partial charge in [0.05, 0.1) is 0 Å². The molecule has 30 heavy (non-hydrogen) atoms. The van der Waals surface area contributed by atoms with Crippen molar-refractivity contribution in [1.82, 2.24) is 4.90 Å². The molecule has 0 radical (unpaired) electrons. The fourth-order valence-corrected chi connectivity index (χ4v) is 4.24. The van der Waals surface area contributed by atoms with Crippen LogP contribution in [0.3, 0.4) is 0 Å². The number of ketones is 2. The second-order valence-corrected chi connectivity index (χ2v) is 8.08. The van der Waals surface area contributed by atoms with E-state index in [1.165, 1.54) is 12.1 Å². The van der Waals surface area contributed by atoms with Crippen molar-refractivity contribution >= 4 is 22.3 Å². The number of hydrogen-bond acceptors (Lipinski definition) is 3. The number of Topliss-reactive ketones (excluding diaryl/α,β-unsaturated/α-hetero) is 2. The monoisotopic (exact) mass is 403 g/mol. The van der Waals surface area contributed by atoms with Gasteiger partial charge in [0, 0.05) is 23.5 Å². The van der Waals surface area contributed by atoms with Crippen LogP contribution in [0.4, 0.5) is 4.39 Å². The van der Waals surface area contributed by atoms with E-state index in [1.807, 2.05) is 36.4 Å². The summed E-state index contributed by atoms with van der Waals surface area (Å²) in [7, 11) is 0. The number of likely N-dealkylation sites (tertiary alicyclic amines) is 1. The van der Waals surface area contributed by atoms with Crippen molar-refractivity contribution in [2.75, 3.05) is 19.6 Å². The third-order valence-corrected chi connectivity index (χ3v) is 6.04. The lowest BCUT2D eigenvalue weighted by molar-refractivity contribution is 0.0838. The molecule has 154 valence electrons. The van der Waals surface area contributed by atoms with E-state index in [9.17, 15) is 14.0 Å². The Hall–Kier alpha value is -2.85. The molecule has 0 saturated carbocycles. The molecule has 0 amide bonds. The van der Waals surface area contributed by atoms with Crippen LogP contribution < -0.4 is 0 Å². The van der Waals surface area contributed by atoms with Gasteiger partial charge in [-0.15, -0.1) is 0 Å². The Morgan fingerprint density at radius 3 is 2.27 bits per heavy atom. The summed E-state index contributed by atoms with van der Waals surface area (Å²) in [5.41, 5.74) is 1.37. The van der Waals surface area contributed by atoms with Crippen molar-refractivity contribution in [2.45, 2.75) is 25.7 Å². The van der Waals surface area contributed by atoms with Crippen LogP contribution in [0.25, 0.3) is 10.8 Å². The number of rotatable bonds is 7. The lowest BCUT2D eigenvalue weighted by Crippen LogP contribution is -2.37. The maximum Gasteiger partial charge on any atom is 0.166 e. The number of fused-ring (bicyclic) bond motifs is 1. The van der Waals surface area contributed by atoms with Crippen LogP contribution in [0.15, 0.2) is 66.7 Å². The van der Waals surface area contributed by atoms with E-state index in [2.05, 4.69) is 11.0 Å². The van der Waals surface area contributed by atoms with Gasteiger partial charge in [0.25, 0.3) is 0 Å². The van der Waals surface area contributed by atoms with Crippen molar-refractivity contribution in [3.63, 3.8) is 0 Å². The normalized spacial score (nSPS) is 15.4. The van der Waals surface area contributed by atoms with Gasteiger partial charge in [-0.1, -0.05) is 36.4 Å². The molecule has 0 atom stereocenters. The molecule has 0 unspecified atom stereocenters. The molecule has 0 bridgehead atoms. The molecule has 1 aliphatic rings. The van der Waals surface area contributed by atoms with Crippen molar-refractivity contribution in [1.29, 1.82) is 0 Å². The van der Waals surface area contributed by atoms with E-state index in [0.717, 1.165) is 55.2 Å². The minimum absolute atomic E-state index is 0.0522. The summed E-state index contributed by atoms with van der Waals surface area (Å²) in [6.07, 6.45) is 2.95. The Labute approximate surface area is 176 Å². The average Bonchev–Trinajstić information content (AvgIpc) is 2.79. The van der Waals surface area contributed by atoms with E-state index in [-0.39, 0.29) is 23.3 Å². The van der Waals surface area contributed by atoms with Crippen LogP contribution in [0.5, 0.6) is 0 Å². The highest BCUT2D eigenvalue weighted by Gasteiger charge is 2.25. The maximum atomic E-state index is 13.0. The minimum atomic E-state index is -0.326. The van der Waals surface area contributed by atoms with E-state index in [0.29, 0.717) is 12.0 Å². The van der Waals surface area contributed by atoms with Gasteiger partial charge in [-0.2, -0.15) is 0 Å². The molecule has 4 rings (SSSR count). The zero-order valence-electron chi connectivity index (χ0n) is 17.0. The van der Waals surface area contributed by atoms with Crippen LogP contribution in [-0.2, 0) is 0 Å². The minimum Gasteiger partial charge on any atom is -0.303 e. The Morgan fingerprint density at radius 2 is 1.53 bits per heavy atom. The summed E-state index contributed by atoms with van der Waals surface area (Å²) in [6, 6.07) is 19.8. The molecule has 1 aliphatic heterocycles. The van der Waals surface area contributed by atoms with Gasteiger partial charge in [-0.25, -0.2) is 4.39 Å². The number of carbonyl (C=O) groups excluding carboxylic acids is 2. The van der Waals surface area contributed by atoms with Crippen LogP contribution in [0.1, 0.15) is 46.4 Å². The summed E-state index contributed by atoms with van der Waals surface area (Å²) in [6.45, 7) is 2.62. The molecule has 0 aromatic heterocycles. The van der Waals surface area contributed by atoms with Gasteiger partial charge >= 0.3 is 0 Å². The molecule has 1 fully saturated rings. The first kappa shape index (κ1) is 20.4. The molecule has 3 aromatic carbocycles. The first-order valence-electron chi connectivity index (χ1n) is 10.6. The Bertz CT molecular complexity index is 1040. The molecule has 4 heteroatoms. The van der Waals surface area contributed by atoms with Gasteiger partial charge in [0.2, 0.25) is 0 Å². The first-order valence-corrected chi connectivity index (χ1v) is 10.6. The Kier molecular flexibility index (Phi) is 6.34. The molecule has 0 N–H and O–H groups in total. The lowest BCUT2D eigenvalue weighted by Gasteiger charge is -2.31. The Balaban J connectivity index is 1.24. The number of carbonyl (C=O) groups is 2. The van der Waals surface area contributed by atoms with E-state index in [4.69, 9.17) is 0 Å². The van der Waals surface area contributed by atoms with Gasteiger partial charge in [-0.3, -0.25) is 9.59 Å². The summed E-state index contributed by atoms with van der Waals surface area (Å²) in [4.78, 5) is 27.5. The van der Waals surface area contributed by atoms with E-state index in [1.54, 1.807) is 12.1 Å². The molecular formula is C26H26FNO2. The van der Waals surface area contributed by atoms with Crippen LogP contribution >= 0.6 is 0 Å². The second-order valence-electron chi connectivity index (χ2n) is 8.08. The standard InChI is InChI=1S/C26H26FNO2/c27-24-11-9-20(10-12-24)25(29)6-3-15-28-16-13-21(14-17-28)26(30)23-8-7-19-4-1-2-5-22(19)18-23/h1-2,4-5,7-12,18,21H,3,6,13-17H2. The summed E-state index contributed by atoms with van der Waals surface area (Å²) < 4.78 is 13.0. The fraction of sp³-hybridized carbons (Fsp3) is 0.308. The van der Waals surface area contributed by atoms with Crippen LogP contribution in [0, 0.1) is 11.7 Å². The van der Waals surface area contributed by atoms with Crippen LogP contribution in [0.2, 0.25) is 0 Å². The quantitative estimate of drug-likeness (QED) is 0.486. The van der Waals surface area contributed by atoms with Crippen molar-refractivity contribution < 1.29 is 14.0 Å². The number of benzene rings is 3. The van der Waals surface area contributed by atoms with E-state index >= 15 is 0 Å². The zero-order chi connectivity index (χ0) is 20.9. The van der Waals surface area contributed by atoms with Gasteiger partial charge < -0.3 is 4.90 Å². The highest BCUT2D eigenvalue weighted by atomic mass is 19.1.